The summed E-state index contributed by atoms with van der Waals surface area (Å²) in [5.41, 5.74) is 4.37. The van der Waals surface area contributed by atoms with Crippen LogP contribution in [0.5, 0.6) is 0 Å². The number of hydrogen-bond donors (Lipinski definition) is 1. The summed E-state index contributed by atoms with van der Waals surface area (Å²) in [4.78, 5) is 30.2. The van der Waals surface area contributed by atoms with Gasteiger partial charge in [0.2, 0.25) is 5.91 Å². The molecule has 4 rings (SSSR count). The maximum atomic E-state index is 13.2. The van der Waals surface area contributed by atoms with Gasteiger partial charge in [-0.05, 0) is 43.0 Å². The minimum Gasteiger partial charge on any atom is -0.354 e. The van der Waals surface area contributed by atoms with Gasteiger partial charge in [0.05, 0.1) is 5.39 Å². The number of benzene rings is 2. The van der Waals surface area contributed by atoms with Crippen molar-refractivity contribution in [3.05, 3.63) is 94.2 Å². The van der Waals surface area contributed by atoms with E-state index in [-0.39, 0.29) is 23.9 Å². The number of nitrogens with one attached hydrogen (secondary N) is 1. The Morgan fingerprint density at radius 3 is 2.35 bits per heavy atom. The fraction of sp³-hybridized carbons (Fsp3) is 0.240. The highest BCUT2D eigenvalue weighted by atomic mass is 16.2. The van der Waals surface area contributed by atoms with E-state index in [1.54, 1.807) is 0 Å². The van der Waals surface area contributed by atoms with Crippen LogP contribution in [0, 0.1) is 13.8 Å². The van der Waals surface area contributed by atoms with Gasteiger partial charge in [-0.25, -0.2) is 4.98 Å². The monoisotopic (exact) mass is 414 g/mol. The maximum Gasteiger partial charge on any atom is 0.263 e. The summed E-state index contributed by atoms with van der Waals surface area (Å²) in [6, 6.07) is 19.9. The van der Waals surface area contributed by atoms with Crippen molar-refractivity contribution in [2.75, 3.05) is 6.54 Å². The highest BCUT2D eigenvalue weighted by molar-refractivity contribution is 5.83. The Labute approximate surface area is 181 Å². The van der Waals surface area contributed by atoms with E-state index in [0.717, 1.165) is 22.5 Å². The molecule has 6 nitrogen and oxygen atoms in total. The van der Waals surface area contributed by atoms with Crippen molar-refractivity contribution < 1.29 is 4.79 Å². The van der Waals surface area contributed by atoms with Gasteiger partial charge < -0.3 is 5.32 Å². The number of carbonyl (C=O) groups excluding carboxylic acids is 1. The fourth-order valence-corrected chi connectivity index (χ4v) is 3.87. The zero-order chi connectivity index (χ0) is 22.0. The van der Waals surface area contributed by atoms with Gasteiger partial charge in [-0.3, -0.25) is 18.7 Å². The van der Waals surface area contributed by atoms with Crippen LogP contribution in [0.3, 0.4) is 0 Å². The van der Waals surface area contributed by atoms with Crippen molar-refractivity contribution in [3.63, 3.8) is 0 Å². The molecule has 2 heterocycles. The largest absolute Gasteiger partial charge is 0.354 e. The van der Waals surface area contributed by atoms with Crippen LogP contribution in [-0.4, -0.2) is 26.6 Å². The van der Waals surface area contributed by atoms with E-state index in [1.165, 1.54) is 10.9 Å². The molecule has 0 saturated carbocycles. The normalized spacial score (nSPS) is 12.1. The van der Waals surface area contributed by atoms with Gasteiger partial charge in [-0.1, -0.05) is 55.5 Å². The molecule has 0 aliphatic rings. The predicted molar refractivity (Wildman–Crippen MR) is 123 cm³/mol. The number of aromatic nitrogens is 3. The SMILES string of the molecule is Cc1c(C)n(-c2ccccc2)c2ncn(CC(=O)NC[C@@H](C)c3ccccc3)c(=O)c12. The molecule has 4 aromatic rings. The number of carbonyl (C=O) groups is 1. The molecule has 0 saturated heterocycles. The lowest BCUT2D eigenvalue weighted by Crippen LogP contribution is -2.34. The summed E-state index contributed by atoms with van der Waals surface area (Å²) >= 11 is 0. The maximum absolute atomic E-state index is 13.2. The first kappa shape index (κ1) is 20.6. The Hall–Kier alpha value is -3.67. The molecule has 0 aliphatic heterocycles. The van der Waals surface area contributed by atoms with Crippen molar-refractivity contribution in [2.24, 2.45) is 0 Å². The van der Waals surface area contributed by atoms with Crippen LogP contribution in [0.1, 0.15) is 29.7 Å². The van der Waals surface area contributed by atoms with Crippen LogP contribution in [0.4, 0.5) is 0 Å². The highest BCUT2D eigenvalue weighted by Gasteiger charge is 2.18. The molecule has 6 heteroatoms. The first-order valence-corrected chi connectivity index (χ1v) is 10.4. The average molecular weight is 415 g/mol. The molecule has 0 spiro atoms. The third-order valence-corrected chi connectivity index (χ3v) is 5.79. The van der Waals surface area contributed by atoms with Gasteiger partial charge in [0.25, 0.3) is 5.56 Å². The second kappa shape index (κ2) is 8.60. The molecule has 0 radical (unpaired) electrons. The Balaban J connectivity index is 1.57. The summed E-state index contributed by atoms with van der Waals surface area (Å²) in [6.07, 6.45) is 1.46. The summed E-state index contributed by atoms with van der Waals surface area (Å²) < 4.78 is 3.37. The molecule has 2 aromatic heterocycles. The summed E-state index contributed by atoms with van der Waals surface area (Å²) in [6.45, 7) is 6.42. The van der Waals surface area contributed by atoms with Crippen LogP contribution in [-0.2, 0) is 11.3 Å². The molecule has 31 heavy (non-hydrogen) atoms. The van der Waals surface area contributed by atoms with E-state index in [2.05, 4.69) is 17.2 Å². The third kappa shape index (κ3) is 4.01. The van der Waals surface area contributed by atoms with Gasteiger partial charge in [0, 0.05) is 17.9 Å². The lowest BCUT2D eigenvalue weighted by molar-refractivity contribution is -0.121. The number of amides is 1. The Kier molecular flexibility index (Phi) is 5.71. The number of nitrogens with zero attached hydrogens (tertiary/aromatic N) is 3. The molecule has 158 valence electrons. The van der Waals surface area contributed by atoms with Crippen molar-refractivity contribution in [3.8, 4) is 5.69 Å². The standard InChI is InChI=1S/C25H26N4O2/c1-17(20-10-6-4-7-11-20)14-26-22(30)15-28-16-27-24-23(25(28)31)18(2)19(3)29(24)21-12-8-5-9-13-21/h4-13,16-17H,14-15H2,1-3H3,(H,26,30)/t17-/m1/s1. The molecular weight excluding hydrogens is 388 g/mol. The molecular formula is C25H26N4O2. The third-order valence-electron chi connectivity index (χ3n) is 5.79. The molecule has 1 amide bonds. The fourth-order valence-electron chi connectivity index (χ4n) is 3.87. The minimum absolute atomic E-state index is 0.0573. The predicted octanol–water partition coefficient (Wildman–Crippen LogP) is 3.72. The van der Waals surface area contributed by atoms with Gasteiger partial charge in [0.15, 0.2) is 5.65 Å². The Morgan fingerprint density at radius 2 is 1.68 bits per heavy atom. The van der Waals surface area contributed by atoms with Crippen LogP contribution in [0.25, 0.3) is 16.7 Å². The number of fused-ring (bicyclic) bond motifs is 1. The van der Waals surface area contributed by atoms with E-state index >= 15 is 0 Å². The topological polar surface area (TPSA) is 68.9 Å². The molecule has 0 bridgehead atoms. The average Bonchev–Trinajstić information content (AvgIpc) is 3.05. The summed E-state index contributed by atoms with van der Waals surface area (Å²) in [5, 5.41) is 3.48. The molecule has 0 fully saturated rings. The van der Waals surface area contributed by atoms with E-state index in [9.17, 15) is 9.59 Å². The van der Waals surface area contributed by atoms with E-state index < -0.39 is 0 Å². The minimum atomic E-state index is -0.206. The van der Waals surface area contributed by atoms with Crippen molar-refractivity contribution in [1.82, 2.24) is 19.4 Å². The quantitative estimate of drug-likeness (QED) is 0.523. The van der Waals surface area contributed by atoms with Gasteiger partial charge >= 0.3 is 0 Å². The Morgan fingerprint density at radius 1 is 1.03 bits per heavy atom. The zero-order valence-electron chi connectivity index (χ0n) is 18.0. The molecule has 1 atom stereocenters. The van der Waals surface area contributed by atoms with E-state index in [1.807, 2.05) is 79.1 Å². The van der Waals surface area contributed by atoms with Crippen molar-refractivity contribution in [1.29, 1.82) is 0 Å². The van der Waals surface area contributed by atoms with E-state index in [4.69, 9.17) is 0 Å². The summed E-state index contributed by atoms with van der Waals surface area (Å²) in [7, 11) is 0. The Bertz CT molecular complexity index is 1270. The van der Waals surface area contributed by atoms with E-state index in [0.29, 0.717) is 17.6 Å². The summed E-state index contributed by atoms with van der Waals surface area (Å²) in [5.74, 6) is -0.0184. The first-order chi connectivity index (χ1) is 15.0. The smallest absolute Gasteiger partial charge is 0.263 e. The van der Waals surface area contributed by atoms with Crippen LogP contribution in [0.2, 0.25) is 0 Å². The molecule has 0 aliphatic carbocycles. The van der Waals surface area contributed by atoms with Crippen molar-refractivity contribution >= 4 is 16.9 Å². The van der Waals surface area contributed by atoms with Crippen molar-refractivity contribution in [2.45, 2.75) is 33.2 Å². The van der Waals surface area contributed by atoms with Crippen LogP contribution in [0.15, 0.2) is 71.8 Å². The highest BCUT2D eigenvalue weighted by Crippen LogP contribution is 2.24. The second-order valence-electron chi connectivity index (χ2n) is 7.87. The number of aryl methyl sites for hydroxylation is 1. The van der Waals surface area contributed by atoms with Crippen LogP contribution >= 0.6 is 0 Å². The van der Waals surface area contributed by atoms with Gasteiger partial charge in [-0.15, -0.1) is 0 Å². The zero-order valence-corrected chi connectivity index (χ0v) is 18.0. The number of hydrogen-bond acceptors (Lipinski definition) is 3. The molecule has 1 N–H and O–H groups in total. The van der Waals surface area contributed by atoms with Gasteiger partial charge in [0.1, 0.15) is 12.9 Å². The van der Waals surface area contributed by atoms with Gasteiger partial charge in [-0.2, -0.15) is 0 Å². The second-order valence-corrected chi connectivity index (χ2v) is 7.87. The number of rotatable bonds is 6. The molecule has 0 unspecified atom stereocenters. The lowest BCUT2D eigenvalue weighted by atomic mass is 10.0. The molecule has 2 aromatic carbocycles. The number of para-hydroxylation sites is 1. The first-order valence-electron chi connectivity index (χ1n) is 10.4. The van der Waals surface area contributed by atoms with Crippen LogP contribution < -0.4 is 10.9 Å². The lowest BCUT2D eigenvalue weighted by Gasteiger charge is -2.13.